The molecule has 4 heteroatoms. The summed E-state index contributed by atoms with van der Waals surface area (Å²) in [6.07, 6.45) is 0. The Balaban J connectivity index is 2.02. The number of methoxy groups -OCH3 is 1. The van der Waals surface area contributed by atoms with Crippen molar-refractivity contribution in [2.24, 2.45) is 5.73 Å². The predicted octanol–water partition coefficient (Wildman–Crippen LogP) is 3.07. The van der Waals surface area contributed by atoms with Crippen LogP contribution in [0.4, 0.5) is 5.69 Å². The molecule has 1 unspecified atom stereocenters. The molecule has 19 heavy (non-hydrogen) atoms. The molecule has 3 nitrogen and oxygen atoms in total. The summed E-state index contributed by atoms with van der Waals surface area (Å²) in [5.74, 6) is 1.59. The fourth-order valence-electron chi connectivity index (χ4n) is 1.74. The van der Waals surface area contributed by atoms with Crippen LogP contribution in [0.3, 0.4) is 0 Å². The molecule has 0 bridgehead atoms. The number of anilines is 1. The number of hydrogen-bond donors (Lipinski definition) is 2. The summed E-state index contributed by atoms with van der Waals surface area (Å²) in [7, 11) is 1.65. The van der Waals surface area contributed by atoms with Crippen molar-refractivity contribution in [3.63, 3.8) is 0 Å². The van der Waals surface area contributed by atoms with Gasteiger partial charge in [0.25, 0.3) is 0 Å². The molecule has 0 radical (unpaired) electrons. The smallest absolute Gasteiger partial charge is 0.120 e. The van der Waals surface area contributed by atoms with Crippen molar-refractivity contribution in [3.8, 4) is 5.75 Å². The van der Waals surface area contributed by atoms with Gasteiger partial charge in [-0.15, -0.1) is 11.8 Å². The lowest BCUT2D eigenvalue weighted by molar-refractivity contribution is 0.414. The monoisotopic (exact) mass is 274 g/mol. The minimum Gasteiger partial charge on any atom is -0.497 e. The average Bonchev–Trinajstić information content (AvgIpc) is 2.47. The Morgan fingerprint density at radius 1 is 1.16 bits per heavy atom. The van der Waals surface area contributed by atoms with Gasteiger partial charge in [0.15, 0.2) is 0 Å². The second kappa shape index (κ2) is 6.50. The van der Waals surface area contributed by atoms with Crippen molar-refractivity contribution >= 4 is 17.4 Å². The lowest BCUT2D eigenvalue weighted by Gasteiger charge is -2.13. The predicted molar refractivity (Wildman–Crippen MR) is 81.5 cm³/mol. The van der Waals surface area contributed by atoms with Gasteiger partial charge in [-0.2, -0.15) is 0 Å². The van der Waals surface area contributed by atoms with Crippen molar-refractivity contribution in [2.45, 2.75) is 10.9 Å². The highest BCUT2D eigenvalue weighted by Crippen LogP contribution is 2.31. The van der Waals surface area contributed by atoms with E-state index in [1.807, 2.05) is 48.5 Å². The summed E-state index contributed by atoms with van der Waals surface area (Å²) in [6.45, 7) is 0. The van der Waals surface area contributed by atoms with E-state index in [9.17, 15) is 0 Å². The first-order valence-electron chi connectivity index (χ1n) is 6.07. The van der Waals surface area contributed by atoms with Crippen LogP contribution in [0.25, 0.3) is 0 Å². The molecule has 0 aliphatic heterocycles. The normalized spacial score (nSPS) is 12.1. The average molecular weight is 274 g/mol. The zero-order valence-electron chi connectivity index (χ0n) is 10.9. The molecule has 1 atom stereocenters. The highest BCUT2D eigenvalue weighted by Gasteiger charge is 2.08. The number of rotatable bonds is 5. The third-order valence-corrected chi connectivity index (χ3v) is 4.06. The van der Waals surface area contributed by atoms with E-state index in [1.165, 1.54) is 0 Å². The number of hydrogen-bond acceptors (Lipinski definition) is 4. The first-order chi connectivity index (χ1) is 9.20. The standard InChI is InChI=1S/C15H18N2OS/c1-18-12-7-8-13(16)15(9-12)19-10-14(17)11-5-3-2-4-6-11/h2-9,14H,10,16-17H2,1H3. The molecule has 100 valence electrons. The summed E-state index contributed by atoms with van der Waals surface area (Å²) < 4.78 is 5.20. The molecule has 0 saturated heterocycles. The number of ether oxygens (including phenoxy) is 1. The molecule has 0 spiro atoms. The maximum atomic E-state index is 6.17. The molecule has 0 aliphatic rings. The molecule has 0 heterocycles. The first kappa shape index (κ1) is 13.8. The third-order valence-electron chi connectivity index (χ3n) is 2.87. The molecule has 0 aliphatic carbocycles. The van der Waals surface area contributed by atoms with Crippen LogP contribution in [0, 0.1) is 0 Å². The second-order valence-corrected chi connectivity index (χ2v) is 5.29. The van der Waals surface area contributed by atoms with Gasteiger partial charge < -0.3 is 16.2 Å². The van der Waals surface area contributed by atoms with Crippen LogP contribution in [0.5, 0.6) is 5.75 Å². The van der Waals surface area contributed by atoms with Gasteiger partial charge in [-0.1, -0.05) is 30.3 Å². The Morgan fingerprint density at radius 2 is 1.89 bits per heavy atom. The number of nitrogens with two attached hydrogens (primary N) is 2. The van der Waals surface area contributed by atoms with E-state index in [4.69, 9.17) is 16.2 Å². The molecule has 2 aromatic rings. The Bertz CT molecular complexity index is 531. The largest absolute Gasteiger partial charge is 0.497 e. The van der Waals surface area contributed by atoms with Crippen LogP contribution < -0.4 is 16.2 Å². The van der Waals surface area contributed by atoms with Gasteiger partial charge in [-0.05, 0) is 23.8 Å². The molecule has 0 saturated carbocycles. The minimum absolute atomic E-state index is 0.00296. The van der Waals surface area contributed by atoms with Gasteiger partial charge in [-0.25, -0.2) is 0 Å². The van der Waals surface area contributed by atoms with E-state index in [2.05, 4.69) is 0 Å². The van der Waals surface area contributed by atoms with Gasteiger partial charge in [0, 0.05) is 22.4 Å². The maximum absolute atomic E-state index is 6.17. The SMILES string of the molecule is COc1ccc(N)c(SCC(N)c2ccccc2)c1. The summed E-state index contributed by atoms with van der Waals surface area (Å²) in [6, 6.07) is 15.7. The second-order valence-electron chi connectivity index (χ2n) is 4.23. The third kappa shape index (κ3) is 3.66. The molecule has 2 rings (SSSR count). The highest BCUT2D eigenvalue weighted by molar-refractivity contribution is 7.99. The van der Waals surface area contributed by atoms with E-state index in [0.717, 1.165) is 27.6 Å². The Kier molecular flexibility index (Phi) is 4.71. The van der Waals surface area contributed by atoms with Crippen LogP contribution >= 0.6 is 11.8 Å². The van der Waals surface area contributed by atoms with Crippen molar-refractivity contribution < 1.29 is 4.74 Å². The molecule has 2 aromatic carbocycles. The van der Waals surface area contributed by atoms with Gasteiger partial charge in [-0.3, -0.25) is 0 Å². The van der Waals surface area contributed by atoms with E-state index >= 15 is 0 Å². The molecular weight excluding hydrogens is 256 g/mol. The number of nitrogen functional groups attached to an aromatic ring is 1. The Labute approximate surface area is 117 Å². The zero-order valence-corrected chi connectivity index (χ0v) is 11.7. The minimum atomic E-state index is -0.00296. The van der Waals surface area contributed by atoms with Gasteiger partial charge in [0.05, 0.1) is 7.11 Å². The van der Waals surface area contributed by atoms with Crippen LogP contribution in [-0.2, 0) is 0 Å². The van der Waals surface area contributed by atoms with Crippen molar-refractivity contribution in [2.75, 3.05) is 18.6 Å². The lowest BCUT2D eigenvalue weighted by Crippen LogP contribution is -2.12. The van der Waals surface area contributed by atoms with Crippen LogP contribution in [-0.4, -0.2) is 12.9 Å². The van der Waals surface area contributed by atoms with Gasteiger partial charge in [0.1, 0.15) is 5.75 Å². The number of thioether (sulfide) groups is 1. The molecule has 4 N–H and O–H groups in total. The first-order valence-corrected chi connectivity index (χ1v) is 7.06. The van der Waals surface area contributed by atoms with E-state index in [0.29, 0.717) is 0 Å². The summed E-state index contributed by atoms with van der Waals surface area (Å²) >= 11 is 1.65. The number of benzene rings is 2. The van der Waals surface area contributed by atoms with Gasteiger partial charge in [0.2, 0.25) is 0 Å². The quantitative estimate of drug-likeness (QED) is 0.650. The fraction of sp³-hybridized carbons (Fsp3) is 0.200. The van der Waals surface area contributed by atoms with Crippen LogP contribution in [0.15, 0.2) is 53.4 Å². The molecular formula is C15H18N2OS. The van der Waals surface area contributed by atoms with Gasteiger partial charge >= 0.3 is 0 Å². The van der Waals surface area contributed by atoms with E-state index < -0.39 is 0 Å². The summed E-state index contributed by atoms with van der Waals surface area (Å²) in [4.78, 5) is 1.01. The molecule has 0 aromatic heterocycles. The lowest BCUT2D eigenvalue weighted by atomic mass is 10.1. The molecule has 0 fully saturated rings. The topological polar surface area (TPSA) is 61.3 Å². The summed E-state index contributed by atoms with van der Waals surface area (Å²) in [5, 5.41) is 0. The van der Waals surface area contributed by atoms with E-state index in [-0.39, 0.29) is 6.04 Å². The highest BCUT2D eigenvalue weighted by atomic mass is 32.2. The Morgan fingerprint density at radius 3 is 2.58 bits per heavy atom. The van der Waals surface area contributed by atoms with Crippen molar-refractivity contribution in [1.29, 1.82) is 0 Å². The van der Waals surface area contributed by atoms with Crippen molar-refractivity contribution in [3.05, 3.63) is 54.1 Å². The molecule has 0 amide bonds. The Hall–Kier alpha value is -1.65. The van der Waals surface area contributed by atoms with E-state index in [1.54, 1.807) is 18.9 Å². The summed E-state index contributed by atoms with van der Waals surface area (Å²) in [5.41, 5.74) is 14.0. The van der Waals surface area contributed by atoms with Crippen molar-refractivity contribution in [1.82, 2.24) is 0 Å². The zero-order chi connectivity index (χ0) is 13.7. The van der Waals surface area contributed by atoms with Crippen LogP contribution in [0.1, 0.15) is 11.6 Å². The maximum Gasteiger partial charge on any atom is 0.120 e. The fourth-order valence-corrected chi connectivity index (χ4v) is 2.73. The van der Waals surface area contributed by atoms with Crippen LogP contribution in [0.2, 0.25) is 0 Å².